The number of carbonyl (C=O) groups excluding carboxylic acids is 2. The lowest BCUT2D eigenvalue weighted by Gasteiger charge is -2.34. The molecule has 0 unspecified atom stereocenters. The van der Waals surface area contributed by atoms with Crippen LogP contribution in [0.4, 0.5) is 5.69 Å². The lowest BCUT2D eigenvalue weighted by atomic mass is 10.0. The fourth-order valence-electron chi connectivity index (χ4n) is 4.80. The number of benzene rings is 4. The summed E-state index contributed by atoms with van der Waals surface area (Å²) in [6, 6.07) is 29.8. The van der Waals surface area contributed by atoms with Gasteiger partial charge in [0.2, 0.25) is 11.8 Å². The molecule has 4 rings (SSSR count). The number of carbonyl (C=O) groups is 2. The summed E-state index contributed by atoms with van der Waals surface area (Å²) in [5, 5.41) is 3.46. The van der Waals surface area contributed by atoms with Crippen LogP contribution >= 0.6 is 11.6 Å². The van der Waals surface area contributed by atoms with Crippen LogP contribution in [-0.4, -0.2) is 50.9 Å². The molecule has 2 atom stereocenters. The van der Waals surface area contributed by atoms with Crippen LogP contribution in [0.15, 0.2) is 114 Å². The molecule has 1 N–H and O–H groups in total. The fourth-order valence-corrected chi connectivity index (χ4v) is 6.41. The summed E-state index contributed by atoms with van der Waals surface area (Å²) in [6.45, 7) is 3.31. The number of amides is 2. The number of methoxy groups -OCH3 is 1. The van der Waals surface area contributed by atoms with E-state index in [1.807, 2.05) is 44.2 Å². The van der Waals surface area contributed by atoms with Crippen LogP contribution in [0, 0.1) is 0 Å². The quantitative estimate of drug-likeness (QED) is 0.179. The van der Waals surface area contributed by atoms with Crippen molar-refractivity contribution >= 4 is 39.1 Å². The van der Waals surface area contributed by atoms with Crippen molar-refractivity contribution in [3.05, 3.63) is 125 Å². The highest BCUT2D eigenvalue weighted by molar-refractivity contribution is 7.92. The Balaban J connectivity index is 1.79. The normalized spacial score (nSPS) is 12.5. The molecule has 0 spiro atoms. The molecular formula is C35H38ClN3O5S. The molecule has 0 fully saturated rings. The minimum atomic E-state index is -4.21. The van der Waals surface area contributed by atoms with Gasteiger partial charge in [0, 0.05) is 24.0 Å². The smallest absolute Gasteiger partial charge is 0.264 e. The van der Waals surface area contributed by atoms with Crippen molar-refractivity contribution in [1.82, 2.24) is 10.2 Å². The average Bonchev–Trinajstić information content (AvgIpc) is 3.06. The summed E-state index contributed by atoms with van der Waals surface area (Å²) < 4.78 is 34.5. The van der Waals surface area contributed by atoms with E-state index in [-0.39, 0.29) is 29.8 Å². The van der Waals surface area contributed by atoms with Gasteiger partial charge in [-0.3, -0.25) is 13.9 Å². The predicted molar refractivity (Wildman–Crippen MR) is 178 cm³/mol. The molecule has 0 radical (unpaired) electrons. The summed E-state index contributed by atoms with van der Waals surface area (Å²) in [4.78, 5) is 29.8. The van der Waals surface area contributed by atoms with Crippen molar-refractivity contribution < 1.29 is 22.7 Å². The van der Waals surface area contributed by atoms with E-state index in [9.17, 15) is 18.0 Å². The second-order valence-corrected chi connectivity index (χ2v) is 12.9. The molecule has 2 amide bonds. The van der Waals surface area contributed by atoms with Crippen LogP contribution in [0.2, 0.25) is 5.02 Å². The van der Waals surface area contributed by atoms with Gasteiger partial charge >= 0.3 is 0 Å². The van der Waals surface area contributed by atoms with Gasteiger partial charge in [-0.25, -0.2) is 8.42 Å². The first-order valence-electron chi connectivity index (χ1n) is 14.7. The maximum atomic E-state index is 14.5. The molecule has 10 heteroatoms. The lowest BCUT2D eigenvalue weighted by Crippen LogP contribution is -2.54. The van der Waals surface area contributed by atoms with Crippen LogP contribution in [0.1, 0.15) is 31.4 Å². The number of para-hydroxylation sites is 1. The number of anilines is 1. The van der Waals surface area contributed by atoms with Gasteiger partial charge in [0.15, 0.2) is 0 Å². The number of hydrogen-bond acceptors (Lipinski definition) is 5. The molecule has 0 aliphatic carbocycles. The predicted octanol–water partition coefficient (Wildman–Crippen LogP) is 6.10. The Bertz CT molecular complexity index is 1670. The number of nitrogens with one attached hydrogen (secondary N) is 1. The number of ether oxygens (including phenoxy) is 1. The maximum absolute atomic E-state index is 14.5. The Morgan fingerprint density at radius 1 is 0.867 bits per heavy atom. The Kier molecular flexibility index (Phi) is 11.6. The second kappa shape index (κ2) is 15.6. The third kappa shape index (κ3) is 8.65. The van der Waals surface area contributed by atoms with E-state index in [4.69, 9.17) is 16.3 Å². The van der Waals surface area contributed by atoms with Crippen molar-refractivity contribution in [3.63, 3.8) is 0 Å². The highest BCUT2D eigenvalue weighted by Gasteiger charge is 2.35. The maximum Gasteiger partial charge on any atom is 0.264 e. The lowest BCUT2D eigenvalue weighted by molar-refractivity contribution is -0.140. The average molecular weight is 648 g/mol. The molecule has 0 heterocycles. The number of hydrogen-bond donors (Lipinski definition) is 1. The second-order valence-electron chi connectivity index (χ2n) is 10.7. The zero-order valence-electron chi connectivity index (χ0n) is 25.6. The van der Waals surface area contributed by atoms with Crippen LogP contribution in [-0.2, 0) is 32.6 Å². The van der Waals surface area contributed by atoms with Crippen LogP contribution in [0.3, 0.4) is 0 Å². The third-order valence-corrected chi connectivity index (χ3v) is 9.70. The van der Waals surface area contributed by atoms with Crippen molar-refractivity contribution in [2.24, 2.45) is 0 Å². The minimum Gasteiger partial charge on any atom is -0.497 e. The largest absolute Gasteiger partial charge is 0.497 e. The first-order valence-corrected chi connectivity index (χ1v) is 16.5. The monoisotopic (exact) mass is 647 g/mol. The van der Waals surface area contributed by atoms with Crippen LogP contribution in [0.25, 0.3) is 0 Å². The van der Waals surface area contributed by atoms with E-state index < -0.39 is 28.5 Å². The van der Waals surface area contributed by atoms with E-state index in [2.05, 4.69) is 5.32 Å². The highest BCUT2D eigenvalue weighted by Crippen LogP contribution is 2.27. The number of sulfonamides is 1. The fraction of sp³-hybridized carbons (Fsp3) is 0.257. The molecule has 0 bridgehead atoms. The Labute approximate surface area is 270 Å². The van der Waals surface area contributed by atoms with E-state index in [1.54, 1.807) is 66.7 Å². The topological polar surface area (TPSA) is 96.0 Å². The molecule has 0 aliphatic rings. The van der Waals surface area contributed by atoms with E-state index in [1.165, 1.54) is 24.1 Å². The Morgan fingerprint density at radius 3 is 2.07 bits per heavy atom. The van der Waals surface area contributed by atoms with Crippen LogP contribution in [0.5, 0.6) is 5.75 Å². The summed E-state index contributed by atoms with van der Waals surface area (Å²) in [5.41, 5.74) is 1.79. The summed E-state index contributed by atoms with van der Waals surface area (Å²) in [7, 11) is -2.72. The van der Waals surface area contributed by atoms with E-state index >= 15 is 0 Å². The molecule has 0 saturated heterocycles. The van der Waals surface area contributed by atoms with Gasteiger partial charge < -0.3 is 15.0 Å². The molecular weight excluding hydrogens is 610 g/mol. The zero-order chi connectivity index (χ0) is 32.4. The number of rotatable bonds is 14. The molecule has 4 aromatic carbocycles. The standard InChI is InChI=1S/C35H38ClN3O5S/c1-4-26(2)37-35(41)33(23-27-13-7-5-8-14-27)38(24-28-15-11-12-18-32(28)36)34(40)25-39(29-16-9-6-10-17-29)45(42,43)31-21-19-30(44-3)20-22-31/h5-22,26,33H,4,23-25H2,1-3H3,(H,37,41)/t26-,33-/m0/s1. The summed E-state index contributed by atoms with van der Waals surface area (Å²) in [6.07, 6.45) is 0.917. The SMILES string of the molecule is CC[C@H](C)NC(=O)[C@H](Cc1ccccc1)N(Cc1ccccc1Cl)C(=O)CN(c1ccccc1)S(=O)(=O)c1ccc(OC)cc1. The third-order valence-electron chi connectivity index (χ3n) is 7.54. The minimum absolute atomic E-state index is 0.00482. The molecule has 0 saturated carbocycles. The van der Waals surface area contributed by atoms with Gasteiger partial charge in [0.05, 0.1) is 17.7 Å². The van der Waals surface area contributed by atoms with Crippen molar-refractivity contribution in [2.75, 3.05) is 18.0 Å². The highest BCUT2D eigenvalue weighted by atomic mass is 35.5. The van der Waals surface area contributed by atoms with Gasteiger partial charge in [0.1, 0.15) is 18.3 Å². The van der Waals surface area contributed by atoms with E-state index in [0.717, 1.165) is 9.87 Å². The first kappa shape index (κ1) is 33.6. The van der Waals surface area contributed by atoms with Crippen molar-refractivity contribution in [1.29, 1.82) is 0 Å². The summed E-state index contributed by atoms with van der Waals surface area (Å²) in [5.74, 6) is -0.396. The molecule has 0 aliphatic heterocycles. The molecule has 8 nitrogen and oxygen atoms in total. The molecule has 236 valence electrons. The van der Waals surface area contributed by atoms with Gasteiger partial charge in [-0.2, -0.15) is 0 Å². The van der Waals surface area contributed by atoms with Gasteiger partial charge in [0.25, 0.3) is 10.0 Å². The number of halogens is 1. The Hall–Kier alpha value is -4.34. The molecule has 45 heavy (non-hydrogen) atoms. The van der Waals surface area contributed by atoms with Crippen LogP contribution < -0.4 is 14.4 Å². The van der Waals surface area contributed by atoms with Crippen molar-refractivity contribution in [3.8, 4) is 5.75 Å². The summed E-state index contributed by atoms with van der Waals surface area (Å²) >= 11 is 6.55. The molecule has 0 aromatic heterocycles. The molecule has 4 aromatic rings. The zero-order valence-corrected chi connectivity index (χ0v) is 27.2. The first-order chi connectivity index (χ1) is 21.6. The van der Waals surface area contributed by atoms with Crippen molar-refractivity contribution in [2.45, 2.75) is 50.2 Å². The van der Waals surface area contributed by atoms with Gasteiger partial charge in [-0.05, 0) is 66.9 Å². The van der Waals surface area contributed by atoms with Gasteiger partial charge in [-0.1, -0.05) is 85.3 Å². The Morgan fingerprint density at radius 2 is 1.47 bits per heavy atom. The van der Waals surface area contributed by atoms with E-state index in [0.29, 0.717) is 28.4 Å². The van der Waals surface area contributed by atoms with Gasteiger partial charge in [-0.15, -0.1) is 0 Å². The number of nitrogens with zero attached hydrogens (tertiary/aromatic N) is 2.